The molecule has 0 unspecified atom stereocenters. The minimum Gasteiger partial charge on any atom is -0.370 e. The first-order valence-electron chi connectivity index (χ1n) is 5.20. The number of ether oxygens (including phenoxy) is 1. The lowest BCUT2D eigenvalue weighted by molar-refractivity contribution is -0.385. The van der Waals surface area contributed by atoms with Gasteiger partial charge in [0.25, 0.3) is 0 Å². The molecule has 1 aromatic heterocycles. The number of aryl methyl sites for hydroxylation is 1. The predicted octanol–water partition coefficient (Wildman–Crippen LogP) is 0.260. The van der Waals surface area contributed by atoms with E-state index in [1.165, 1.54) is 6.92 Å². The van der Waals surface area contributed by atoms with E-state index in [4.69, 9.17) is 22.1 Å². The van der Waals surface area contributed by atoms with E-state index in [0.29, 0.717) is 0 Å². The SMILES string of the molecule is Cc1nc(Cl)nc(NCCOCC(N)=O)c1[N+](=O)[O-]. The van der Waals surface area contributed by atoms with Gasteiger partial charge < -0.3 is 15.8 Å². The molecule has 1 amide bonds. The molecule has 0 fully saturated rings. The molecule has 19 heavy (non-hydrogen) atoms. The number of nitrogens with zero attached hydrogens (tertiary/aromatic N) is 3. The maximum Gasteiger partial charge on any atom is 0.332 e. The second-order valence-corrected chi connectivity index (χ2v) is 3.82. The second-order valence-electron chi connectivity index (χ2n) is 3.48. The number of rotatable bonds is 7. The summed E-state index contributed by atoms with van der Waals surface area (Å²) in [6, 6.07) is 0. The normalized spacial score (nSPS) is 10.2. The maximum absolute atomic E-state index is 10.9. The predicted molar refractivity (Wildman–Crippen MR) is 66.9 cm³/mol. The lowest BCUT2D eigenvalue weighted by Gasteiger charge is -2.07. The van der Waals surface area contributed by atoms with Crippen LogP contribution in [0.15, 0.2) is 0 Å². The number of nitro groups is 1. The van der Waals surface area contributed by atoms with Crippen molar-refractivity contribution in [2.75, 3.05) is 25.1 Å². The number of amides is 1. The fourth-order valence-electron chi connectivity index (χ4n) is 1.29. The van der Waals surface area contributed by atoms with Crippen molar-refractivity contribution >= 4 is 29.0 Å². The number of carbonyl (C=O) groups excluding carboxylic acids is 1. The number of nitrogens with one attached hydrogen (secondary N) is 1. The second kappa shape index (κ2) is 6.81. The van der Waals surface area contributed by atoms with Gasteiger partial charge in [0.15, 0.2) is 0 Å². The summed E-state index contributed by atoms with van der Waals surface area (Å²) < 4.78 is 4.89. The zero-order chi connectivity index (χ0) is 14.4. The van der Waals surface area contributed by atoms with Gasteiger partial charge in [0.2, 0.25) is 17.0 Å². The van der Waals surface area contributed by atoms with Crippen LogP contribution >= 0.6 is 11.6 Å². The Morgan fingerprint density at radius 1 is 1.58 bits per heavy atom. The van der Waals surface area contributed by atoms with Crippen LogP contribution < -0.4 is 11.1 Å². The van der Waals surface area contributed by atoms with Crippen LogP contribution in [0.1, 0.15) is 5.69 Å². The first-order valence-corrected chi connectivity index (χ1v) is 5.58. The van der Waals surface area contributed by atoms with Gasteiger partial charge in [-0.1, -0.05) is 0 Å². The molecule has 9 nitrogen and oxygen atoms in total. The van der Waals surface area contributed by atoms with E-state index in [1.54, 1.807) is 0 Å². The Bertz CT molecular complexity index is 496. The van der Waals surface area contributed by atoms with Crippen LogP contribution in [0.2, 0.25) is 5.28 Å². The molecule has 0 aliphatic rings. The fourth-order valence-corrected chi connectivity index (χ4v) is 1.50. The van der Waals surface area contributed by atoms with Gasteiger partial charge in [0.05, 0.1) is 11.5 Å². The van der Waals surface area contributed by atoms with Crippen LogP contribution in [0, 0.1) is 17.0 Å². The van der Waals surface area contributed by atoms with E-state index in [9.17, 15) is 14.9 Å². The maximum atomic E-state index is 10.9. The molecule has 1 rings (SSSR count). The van der Waals surface area contributed by atoms with Gasteiger partial charge in [-0.25, -0.2) is 4.98 Å². The molecule has 1 aromatic rings. The van der Waals surface area contributed by atoms with Gasteiger partial charge in [-0.3, -0.25) is 14.9 Å². The van der Waals surface area contributed by atoms with E-state index in [0.717, 1.165) is 0 Å². The average Bonchev–Trinajstić information content (AvgIpc) is 2.26. The Balaban J connectivity index is 2.67. The molecular formula is C9H12ClN5O4. The molecule has 0 saturated heterocycles. The Morgan fingerprint density at radius 3 is 2.84 bits per heavy atom. The van der Waals surface area contributed by atoms with Crippen LogP contribution in [0.4, 0.5) is 11.5 Å². The van der Waals surface area contributed by atoms with Crippen molar-refractivity contribution in [1.29, 1.82) is 0 Å². The Morgan fingerprint density at radius 2 is 2.26 bits per heavy atom. The lowest BCUT2D eigenvalue weighted by Crippen LogP contribution is -2.21. The van der Waals surface area contributed by atoms with Gasteiger partial charge in [-0.15, -0.1) is 0 Å². The zero-order valence-corrected chi connectivity index (χ0v) is 10.8. The summed E-state index contributed by atoms with van der Waals surface area (Å²) >= 11 is 5.63. The molecule has 10 heteroatoms. The summed E-state index contributed by atoms with van der Waals surface area (Å²) in [4.78, 5) is 28.1. The van der Waals surface area contributed by atoms with E-state index in [-0.39, 0.29) is 42.2 Å². The number of nitrogens with two attached hydrogens (primary N) is 1. The Hall–Kier alpha value is -2.00. The fraction of sp³-hybridized carbons (Fsp3) is 0.444. The Kier molecular flexibility index (Phi) is 5.39. The number of halogens is 1. The molecule has 0 saturated carbocycles. The molecular weight excluding hydrogens is 278 g/mol. The molecule has 0 aromatic carbocycles. The third-order valence-electron chi connectivity index (χ3n) is 2.00. The summed E-state index contributed by atoms with van der Waals surface area (Å²) in [7, 11) is 0. The van der Waals surface area contributed by atoms with Crippen molar-refractivity contribution in [3.05, 3.63) is 21.1 Å². The third-order valence-corrected chi connectivity index (χ3v) is 2.17. The van der Waals surface area contributed by atoms with E-state index in [1.807, 2.05) is 0 Å². The van der Waals surface area contributed by atoms with Crippen LogP contribution in [-0.2, 0) is 9.53 Å². The molecule has 0 aliphatic carbocycles. The van der Waals surface area contributed by atoms with E-state index < -0.39 is 10.8 Å². The highest BCUT2D eigenvalue weighted by molar-refractivity contribution is 6.28. The molecule has 0 radical (unpaired) electrons. The number of hydrogen-bond donors (Lipinski definition) is 2. The van der Waals surface area contributed by atoms with Crippen LogP contribution in [0.5, 0.6) is 0 Å². The number of anilines is 1. The summed E-state index contributed by atoms with van der Waals surface area (Å²) in [5, 5.41) is 13.5. The van der Waals surface area contributed by atoms with Gasteiger partial charge in [0, 0.05) is 6.54 Å². The summed E-state index contributed by atoms with van der Waals surface area (Å²) in [5.41, 5.74) is 4.78. The van der Waals surface area contributed by atoms with Crippen molar-refractivity contribution in [3.63, 3.8) is 0 Å². The molecule has 0 spiro atoms. The lowest BCUT2D eigenvalue weighted by atomic mass is 10.3. The van der Waals surface area contributed by atoms with Gasteiger partial charge in [-0.05, 0) is 18.5 Å². The first-order chi connectivity index (χ1) is 8.91. The third kappa shape index (κ3) is 4.64. The van der Waals surface area contributed by atoms with Crippen LogP contribution in [0.3, 0.4) is 0 Å². The molecule has 0 bridgehead atoms. The van der Waals surface area contributed by atoms with Crippen LogP contribution in [0.25, 0.3) is 0 Å². The van der Waals surface area contributed by atoms with E-state index in [2.05, 4.69) is 15.3 Å². The van der Waals surface area contributed by atoms with Crippen molar-refractivity contribution in [3.8, 4) is 0 Å². The minimum absolute atomic E-state index is 0.00479. The molecule has 104 valence electrons. The van der Waals surface area contributed by atoms with Crippen LogP contribution in [-0.4, -0.2) is 40.6 Å². The van der Waals surface area contributed by atoms with Crippen molar-refractivity contribution in [2.24, 2.45) is 5.73 Å². The number of primary amides is 1. The van der Waals surface area contributed by atoms with E-state index >= 15 is 0 Å². The average molecular weight is 290 g/mol. The first kappa shape index (κ1) is 15.1. The number of aromatic nitrogens is 2. The molecule has 0 aliphatic heterocycles. The number of hydrogen-bond acceptors (Lipinski definition) is 7. The smallest absolute Gasteiger partial charge is 0.332 e. The van der Waals surface area contributed by atoms with Crippen molar-refractivity contribution < 1.29 is 14.5 Å². The summed E-state index contributed by atoms with van der Waals surface area (Å²) in [6.07, 6.45) is 0. The topological polar surface area (TPSA) is 133 Å². The largest absolute Gasteiger partial charge is 0.370 e. The van der Waals surface area contributed by atoms with Gasteiger partial charge >= 0.3 is 5.69 Å². The minimum atomic E-state index is -0.599. The summed E-state index contributed by atoms with van der Waals surface area (Å²) in [6.45, 7) is 1.59. The molecule has 1 heterocycles. The Labute approximate surface area is 113 Å². The highest BCUT2D eigenvalue weighted by atomic mass is 35.5. The van der Waals surface area contributed by atoms with Gasteiger partial charge in [-0.2, -0.15) is 4.98 Å². The quantitative estimate of drug-likeness (QED) is 0.318. The van der Waals surface area contributed by atoms with Gasteiger partial charge in [0.1, 0.15) is 12.3 Å². The number of carbonyl (C=O) groups is 1. The molecule has 3 N–H and O–H groups in total. The standard InChI is InChI=1S/C9H12ClN5O4/c1-5-7(15(17)18)8(14-9(10)13-5)12-2-3-19-4-6(11)16/h2-4H2,1H3,(H2,11,16)(H,12,13,14). The zero-order valence-electron chi connectivity index (χ0n) is 10.1. The highest BCUT2D eigenvalue weighted by Gasteiger charge is 2.21. The van der Waals surface area contributed by atoms with Crippen molar-refractivity contribution in [2.45, 2.75) is 6.92 Å². The highest BCUT2D eigenvalue weighted by Crippen LogP contribution is 2.26. The summed E-state index contributed by atoms with van der Waals surface area (Å²) in [5.74, 6) is -0.586. The van der Waals surface area contributed by atoms with Crippen molar-refractivity contribution in [1.82, 2.24) is 9.97 Å². The molecule has 0 atom stereocenters. The monoisotopic (exact) mass is 289 g/mol.